The van der Waals surface area contributed by atoms with Gasteiger partial charge in [0, 0.05) is 0 Å². The average Bonchev–Trinajstić information content (AvgIpc) is 2.67. The molecular formula is C17H24N2O4. The second-order valence-electron chi connectivity index (χ2n) is 6.66. The van der Waals surface area contributed by atoms with E-state index in [4.69, 9.17) is 4.74 Å². The van der Waals surface area contributed by atoms with Crippen molar-refractivity contribution in [3.63, 3.8) is 0 Å². The highest BCUT2D eigenvalue weighted by Crippen LogP contribution is 2.19. The van der Waals surface area contributed by atoms with E-state index in [0.29, 0.717) is 11.7 Å². The van der Waals surface area contributed by atoms with Crippen LogP contribution >= 0.6 is 0 Å². The minimum Gasteiger partial charge on any atom is -0.491 e. The maximum atomic E-state index is 12.0. The lowest BCUT2D eigenvalue weighted by Crippen LogP contribution is -2.42. The highest BCUT2D eigenvalue weighted by molar-refractivity contribution is 6.06. The Balaban J connectivity index is 1.87. The molecule has 1 aromatic rings. The van der Waals surface area contributed by atoms with E-state index in [1.165, 1.54) is 5.56 Å². The summed E-state index contributed by atoms with van der Waals surface area (Å²) in [5, 5.41) is 12.6. The minimum absolute atomic E-state index is 0.0124. The van der Waals surface area contributed by atoms with E-state index in [-0.39, 0.29) is 19.1 Å². The van der Waals surface area contributed by atoms with Gasteiger partial charge < -0.3 is 15.2 Å². The number of hydrogen-bond donors (Lipinski definition) is 2. The second-order valence-corrected chi connectivity index (χ2v) is 6.66. The Kier molecular flexibility index (Phi) is 4.94. The molecule has 126 valence electrons. The Hall–Kier alpha value is -2.08. The SMILES string of the molecule is CC(C)c1ccc(OC[C@H](O)CN2C(=O)NC(C)(C)C2=O)cc1. The molecular weight excluding hydrogens is 296 g/mol. The van der Waals surface area contributed by atoms with Crippen molar-refractivity contribution in [2.45, 2.75) is 45.3 Å². The molecule has 1 heterocycles. The molecule has 1 aliphatic rings. The van der Waals surface area contributed by atoms with Crippen molar-refractivity contribution in [3.05, 3.63) is 29.8 Å². The number of nitrogens with one attached hydrogen (secondary N) is 1. The maximum absolute atomic E-state index is 12.0. The van der Waals surface area contributed by atoms with Gasteiger partial charge in [-0.2, -0.15) is 0 Å². The maximum Gasteiger partial charge on any atom is 0.325 e. The Labute approximate surface area is 136 Å². The van der Waals surface area contributed by atoms with Crippen LogP contribution in [0.25, 0.3) is 0 Å². The topological polar surface area (TPSA) is 78.9 Å². The van der Waals surface area contributed by atoms with E-state index < -0.39 is 17.7 Å². The van der Waals surface area contributed by atoms with Gasteiger partial charge in [-0.25, -0.2) is 4.79 Å². The summed E-state index contributed by atoms with van der Waals surface area (Å²) in [6.07, 6.45) is -0.941. The van der Waals surface area contributed by atoms with E-state index in [1.807, 2.05) is 24.3 Å². The molecule has 2 N–H and O–H groups in total. The summed E-state index contributed by atoms with van der Waals surface area (Å²) in [6.45, 7) is 7.41. The number of imide groups is 1. The zero-order valence-corrected chi connectivity index (χ0v) is 14.0. The van der Waals surface area contributed by atoms with Crippen LogP contribution in [0.4, 0.5) is 4.79 Å². The molecule has 1 aromatic carbocycles. The molecule has 0 saturated carbocycles. The molecule has 6 heteroatoms. The van der Waals surface area contributed by atoms with Crippen molar-refractivity contribution >= 4 is 11.9 Å². The zero-order valence-electron chi connectivity index (χ0n) is 14.0. The van der Waals surface area contributed by atoms with Gasteiger partial charge in [-0.1, -0.05) is 26.0 Å². The van der Waals surface area contributed by atoms with Gasteiger partial charge in [-0.3, -0.25) is 9.69 Å². The zero-order chi connectivity index (χ0) is 17.2. The fraction of sp³-hybridized carbons (Fsp3) is 0.529. The molecule has 0 radical (unpaired) electrons. The number of nitrogens with zero attached hydrogens (tertiary/aromatic N) is 1. The first-order chi connectivity index (χ1) is 10.7. The van der Waals surface area contributed by atoms with Crippen LogP contribution in [0, 0.1) is 0 Å². The van der Waals surface area contributed by atoms with Gasteiger partial charge in [0.2, 0.25) is 0 Å². The number of carbonyl (C=O) groups is 2. The van der Waals surface area contributed by atoms with E-state index in [9.17, 15) is 14.7 Å². The van der Waals surface area contributed by atoms with Gasteiger partial charge in [-0.15, -0.1) is 0 Å². The number of urea groups is 1. The van der Waals surface area contributed by atoms with E-state index in [1.54, 1.807) is 13.8 Å². The van der Waals surface area contributed by atoms with Gasteiger partial charge in [0.25, 0.3) is 5.91 Å². The number of amides is 3. The molecule has 1 saturated heterocycles. The summed E-state index contributed by atoms with van der Waals surface area (Å²) in [6, 6.07) is 7.16. The van der Waals surface area contributed by atoms with Crippen LogP contribution in [0.2, 0.25) is 0 Å². The predicted molar refractivity (Wildman–Crippen MR) is 86.4 cm³/mol. The fourth-order valence-electron chi connectivity index (χ4n) is 2.39. The van der Waals surface area contributed by atoms with Crippen LogP contribution in [0.5, 0.6) is 5.75 Å². The molecule has 0 bridgehead atoms. The lowest BCUT2D eigenvalue weighted by Gasteiger charge is -2.19. The summed E-state index contributed by atoms with van der Waals surface area (Å²) in [7, 11) is 0. The summed E-state index contributed by atoms with van der Waals surface area (Å²) in [4.78, 5) is 24.8. The molecule has 1 aliphatic heterocycles. The molecule has 2 rings (SSSR count). The van der Waals surface area contributed by atoms with Crippen LogP contribution < -0.4 is 10.1 Å². The Bertz CT molecular complexity index is 581. The largest absolute Gasteiger partial charge is 0.491 e. The third kappa shape index (κ3) is 4.01. The monoisotopic (exact) mass is 320 g/mol. The molecule has 23 heavy (non-hydrogen) atoms. The summed E-state index contributed by atoms with van der Waals surface area (Å²) in [5.41, 5.74) is 0.282. The third-order valence-electron chi connectivity index (χ3n) is 3.83. The average molecular weight is 320 g/mol. The number of β-amino-alcohol motifs (C(OH)–C–C–N with tert-alkyl or cyclic N) is 1. The lowest BCUT2D eigenvalue weighted by molar-refractivity contribution is -0.131. The van der Waals surface area contributed by atoms with Crippen LogP contribution in [0.15, 0.2) is 24.3 Å². The van der Waals surface area contributed by atoms with Gasteiger partial charge >= 0.3 is 6.03 Å². The first kappa shape index (κ1) is 17.3. The Morgan fingerprint density at radius 1 is 1.22 bits per heavy atom. The van der Waals surface area contributed by atoms with Crippen molar-refractivity contribution in [2.24, 2.45) is 0 Å². The van der Waals surface area contributed by atoms with E-state index >= 15 is 0 Å². The van der Waals surface area contributed by atoms with Gasteiger partial charge in [0.15, 0.2) is 0 Å². The first-order valence-electron chi connectivity index (χ1n) is 7.75. The number of benzene rings is 1. The molecule has 0 aliphatic carbocycles. The molecule has 1 atom stereocenters. The highest BCUT2D eigenvalue weighted by atomic mass is 16.5. The summed E-state index contributed by atoms with van der Waals surface area (Å²) < 4.78 is 5.52. The summed E-state index contributed by atoms with van der Waals surface area (Å²) in [5.74, 6) is 0.742. The number of carbonyl (C=O) groups excluding carboxylic acids is 2. The standard InChI is InChI=1S/C17H24N2O4/c1-11(2)12-5-7-14(8-6-12)23-10-13(20)9-19-15(21)17(3,4)18-16(19)22/h5-8,11,13,20H,9-10H2,1-4H3,(H,18,22)/t13-/m1/s1. The van der Waals surface area contributed by atoms with Gasteiger partial charge in [-0.05, 0) is 37.5 Å². The molecule has 0 spiro atoms. The van der Waals surface area contributed by atoms with Crippen molar-refractivity contribution < 1.29 is 19.4 Å². The first-order valence-corrected chi connectivity index (χ1v) is 7.75. The molecule has 3 amide bonds. The fourth-order valence-corrected chi connectivity index (χ4v) is 2.39. The van der Waals surface area contributed by atoms with Crippen molar-refractivity contribution in [1.82, 2.24) is 10.2 Å². The van der Waals surface area contributed by atoms with Crippen LogP contribution in [0.1, 0.15) is 39.2 Å². The third-order valence-corrected chi connectivity index (χ3v) is 3.83. The Morgan fingerprint density at radius 2 is 1.83 bits per heavy atom. The Morgan fingerprint density at radius 3 is 2.30 bits per heavy atom. The minimum atomic E-state index is -0.941. The molecule has 0 aromatic heterocycles. The number of aliphatic hydroxyl groups excluding tert-OH is 1. The number of aliphatic hydroxyl groups is 1. The molecule has 6 nitrogen and oxygen atoms in total. The van der Waals surface area contributed by atoms with Crippen molar-refractivity contribution in [2.75, 3.05) is 13.2 Å². The van der Waals surface area contributed by atoms with Crippen LogP contribution in [-0.4, -0.2) is 46.7 Å². The lowest BCUT2D eigenvalue weighted by atomic mass is 10.0. The van der Waals surface area contributed by atoms with Crippen molar-refractivity contribution in [1.29, 1.82) is 0 Å². The normalized spacial score (nSPS) is 18.3. The number of hydrogen-bond acceptors (Lipinski definition) is 4. The van der Waals surface area contributed by atoms with Crippen LogP contribution in [0.3, 0.4) is 0 Å². The second kappa shape index (κ2) is 6.58. The number of ether oxygens (including phenoxy) is 1. The smallest absolute Gasteiger partial charge is 0.325 e. The van der Waals surface area contributed by atoms with E-state index in [2.05, 4.69) is 19.2 Å². The van der Waals surface area contributed by atoms with Gasteiger partial charge in [0.05, 0.1) is 6.54 Å². The predicted octanol–water partition coefficient (Wildman–Crippen LogP) is 1.88. The van der Waals surface area contributed by atoms with Gasteiger partial charge in [0.1, 0.15) is 24.0 Å². The van der Waals surface area contributed by atoms with Crippen molar-refractivity contribution in [3.8, 4) is 5.75 Å². The highest BCUT2D eigenvalue weighted by Gasteiger charge is 2.44. The molecule has 1 fully saturated rings. The van der Waals surface area contributed by atoms with Crippen LogP contribution in [-0.2, 0) is 4.79 Å². The summed E-state index contributed by atoms with van der Waals surface area (Å²) >= 11 is 0. The number of rotatable bonds is 6. The quantitative estimate of drug-likeness (QED) is 0.785. The molecule has 0 unspecified atom stereocenters. The van der Waals surface area contributed by atoms with E-state index in [0.717, 1.165) is 4.90 Å².